The number of carbonyl (C=O) groups is 1. The van der Waals surface area contributed by atoms with Crippen LogP contribution in [0.5, 0.6) is 0 Å². The van der Waals surface area contributed by atoms with Crippen molar-refractivity contribution in [2.75, 3.05) is 26.2 Å². The summed E-state index contributed by atoms with van der Waals surface area (Å²) in [4.78, 5) is 16.8. The summed E-state index contributed by atoms with van der Waals surface area (Å²) in [5, 5.41) is 0. The summed E-state index contributed by atoms with van der Waals surface area (Å²) in [5.41, 5.74) is 0. The maximum Gasteiger partial charge on any atom is 0.225 e. The lowest BCUT2D eigenvalue weighted by Gasteiger charge is -2.42. The molecule has 3 heteroatoms. The molecule has 3 fully saturated rings. The van der Waals surface area contributed by atoms with Crippen LogP contribution < -0.4 is 0 Å². The lowest BCUT2D eigenvalue weighted by atomic mass is 9.79. The average Bonchev–Trinajstić information content (AvgIpc) is 3.31. The molecular weight excluding hydrogens is 248 g/mol. The molecule has 3 rings (SSSR count). The van der Waals surface area contributed by atoms with E-state index in [9.17, 15) is 4.79 Å². The molecule has 0 atom stereocenters. The highest BCUT2D eigenvalue weighted by Gasteiger charge is 2.36. The van der Waals surface area contributed by atoms with Gasteiger partial charge in [0.2, 0.25) is 5.91 Å². The second-order valence-corrected chi connectivity index (χ2v) is 7.45. The fourth-order valence-corrected chi connectivity index (χ4v) is 4.03. The molecule has 2 aliphatic carbocycles. The van der Waals surface area contributed by atoms with E-state index >= 15 is 0 Å². The van der Waals surface area contributed by atoms with Gasteiger partial charge in [-0.05, 0) is 50.4 Å². The van der Waals surface area contributed by atoms with E-state index in [1.807, 2.05) is 0 Å². The third-order valence-electron chi connectivity index (χ3n) is 5.75. The minimum atomic E-state index is 0.392. The van der Waals surface area contributed by atoms with Crippen LogP contribution in [0, 0.1) is 17.8 Å². The van der Waals surface area contributed by atoms with E-state index in [-0.39, 0.29) is 0 Å². The van der Waals surface area contributed by atoms with E-state index in [4.69, 9.17) is 0 Å². The summed E-state index contributed by atoms with van der Waals surface area (Å²) >= 11 is 0. The summed E-state index contributed by atoms with van der Waals surface area (Å²) in [5.74, 6) is 2.63. The first-order valence-corrected chi connectivity index (χ1v) is 8.68. The van der Waals surface area contributed by atoms with Crippen LogP contribution in [0.25, 0.3) is 0 Å². The standard InChI is InChI=1S/C17H30N2O/c1-13(2)14-5-7-16(8-6-14)18-9-11-19(12-10-18)17(20)15-3-4-15/h13-16H,3-12H2,1-2H3/t14-,16-. The normalized spacial score (nSPS) is 32.6. The molecule has 0 bridgehead atoms. The highest BCUT2D eigenvalue weighted by Crippen LogP contribution is 2.34. The Morgan fingerprint density at radius 1 is 0.900 bits per heavy atom. The topological polar surface area (TPSA) is 23.6 Å². The predicted molar refractivity (Wildman–Crippen MR) is 81.5 cm³/mol. The van der Waals surface area contributed by atoms with E-state index < -0.39 is 0 Å². The Kier molecular flexibility index (Phi) is 4.34. The third-order valence-corrected chi connectivity index (χ3v) is 5.75. The summed E-state index contributed by atoms with van der Waals surface area (Å²) in [6.07, 6.45) is 7.84. The van der Waals surface area contributed by atoms with Gasteiger partial charge < -0.3 is 4.90 Å². The van der Waals surface area contributed by atoms with Gasteiger partial charge in [-0.1, -0.05) is 13.8 Å². The molecular formula is C17H30N2O. The molecule has 2 saturated carbocycles. The Balaban J connectivity index is 1.43. The number of carbonyl (C=O) groups excluding carboxylic acids is 1. The summed E-state index contributed by atoms with van der Waals surface area (Å²) in [6.45, 7) is 8.89. The predicted octanol–water partition coefficient (Wildman–Crippen LogP) is 2.76. The maximum atomic E-state index is 12.1. The second-order valence-electron chi connectivity index (χ2n) is 7.45. The van der Waals surface area contributed by atoms with Gasteiger partial charge in [-0.25, -0.2) is 0 Å². The third kappa shape index (κ3) is 3.19. The van der Waals surface area contributed by atoms with Crippen LogP contribution in [0.15, 0.2) is 0 Å². The zero-order chi connectivity index (χ0) is 14.1. The van der Waals surface area contributed by atoms with Crippen LogP contribution in [0.4, 0.5) is 0 Å². The fraction of sp³-hybridized carbons (Fsp3) is 0.941. The van der Waals surface area contributed by atoms with Crippen molar-refractivity contribution < 1.29 is 4.79 Å². The minimum Gasteiger partial charge on any atom is -0.340 e. The molecule has 1 amide bonds. The van der Waals surface area contributed by atoms with Gasteiger partial charge in [-0.2, -0.15) is 0 Å². The Bertz CT molecular complexity index is 335. The van der Waals surface area contributed by atoms with Gasteiger partial charge in [0, 0.05) is 38.1 Å². The van der Waals surface area contributed by atoms with Gasteiger partial charge in [0.15, 0.2) is 0 Å². The Hall–Kier alpha value is -0.570. The van der Waals surface area contributed by atoms with Crippen LogP contribution in [-0.4, -0.2) is 47.9 Å². The molecule has 0 aromatic rings. The van der Waals surface area contributed by atoms with Gasteiger partial charge in [0.05, 0.1) is 0 Å². The first-order valence-electron chi connectivity index (χ1n) is 8.68. The molecule has 0 N–H and O–H groups in total. The monoisotopic (exact) mass is 278 g/mol. The van der Waals surface area contributed by atoms with Crippen molar-refractivity contribution in [1.82, 2.24) is 9.80 Å². The van der Waals surface area contributed by atoms with Crippen molar-refractivity contribution in [3.63, 3.8) is 0 Å². The molecule has 0 spiro atoms. The van der Waals surface area contributed by atoms with Gasteiger partial charge in [-0.3, -0.25) is 9.69 Å². The van der Waals surface area contributed by atoms with E-state index in [0.29, 0.717) is 11.8 Å². The van der Waals surface area contributed by atoms with E-state index in [2.05, 4.69) is 23.6 Å². The zero-order valence-electron chi connectivity index (χ0n) is 13.2. The Morgan fingerprint density at radius 2 is 1.50 bits per heavy atom. The largest absolute Gasteiger partial charge is 0.340 e. The van der Waals surface area contributed by atoms with Crippen molar-refractivity contribution in [3.8, 4) is 0 Å². The van der Waals surface area contributed by atoms with Crippen molar-refractivity contribution in [2.45, 2.75) is 58.4 Å². The first kappa shape index (κ1) is 14.4. The molecule has 0 aromatic heterocycles. The molecule has 1 aliphatic heterocycles. The minimum absolute atomic E-state index is 0.392. The second kappa shape index (κ2) is 6.05. The number of piperazine rings is 1. The molecule has 20 heavy (non-hydrogen) atoms. The molecule has 3 aliphatic rings. The van der Waals surface area contributed by atoms with Gasteiger partial charge in [-0.15, -0.1) is 0 Å². The maximum absolute atomic E-state index is 12.1. The van der Waals surface area contributed by atoms with E-state index in [0.717, 1.165) is 56.9 Å². The van der Waals surface area contributed by atoms with Crippen LogP contribution in [0.3, 0.4) is 0 Å². The lowest BCUT2D eigenvalue weighted by Crippen LogP contribution is -2.53. The molecule has 3 nitrogen and oxygen atoms in total. The Labute approximate surface area is 123 Å². The van der Waals surface area contributed by atoms with Crippen LogP contribution in [0.1, 0.15) is 52.4 Å². The van der Waals surface area contributed by atoms with Crippen molar-refractivity contribution >= 4 is 5.91 Å². The molecule has 1 heterocycles. The fourth-order valence-electron chi connectivity index (χ4n) is 4.03. The van der Waals surface area contributed by atoms with Gasteiger partial charge >= 0.3 is 0 Å². The number of hydrogen-bond acceptors (Lipinski definition) is 2. The van der Waals surface area contributed by atoms with Crippen LogP contribution in [-0.2, 0) is 4.79 Å². The number of hydrogen-bond donors (Lipinski definition) is 0. The van der Waals surface area contributed by atoms with Gasteiger partial charge in [0.1, 0.15) is 0 Å². The van der Waals surface area contributed by atoms with Crippen LogP contribution in [0.2, 0.25) is 0 Å². The highest BCUT2D eigenvalue weighted by molar-refractivity contribution is 5.81. The summed E-state index contributed by atoms with van der Waals surface area (Å²) < 4.78 is 0. The Morgan fingerprint density at radius 3 is 2.00 bits per heavy atom. The zero-order valence-corrected chi connectivity index (χ0v) is 13.2. The number of rotatable bonds is 3. The van der Waals surface area contributed by atoms with Crippen molar-refractivity contribution in [3.05, 3.63) is 0 Å². The smallest absolute Gasteiger partial charge is 0.225 e. The summed E-state index contributed by atoms with van der Waals surface area (Å²) in [6, 6.07) is 0.795. The SMILES string of the molecule is CC(C)[C@H]1CC[C@H](N2CCN(C(=O)C3CC3)CC2)CC1. The van der Waals surface area contributed by atoms with Crippen molar-refractivity contribution in [2.24, 2.45) is 17.8 Å². The average molecular weight is 278 g/mol. The molecule has 114 valence electrons. The molecule has 0 unspecified atom stereocenters. The molecule has 0 aromatic carbocycles. The molecule has 1 saturated heterocycles. The number of amides is 1. The first-order chi connectivity index (χ1) is 9.65. The molecule has 0 radical (unpaired) electrons. The van der Waals surface area contributed by atoms with Crippen LogP contribution >= 0.6 is 0 Å². The summed E-state index contributed by atoms with van der Waals surface area (Å²) in [7, 11) is 0. The number of nitrogens with zero attached hydrogens (tertiary/aromatic N) is 2. The van der Waals surface area contributed by atoms with E-state index in [1.165, 1.54) is 25.7 Å². The van der Waals surface area contributed by atoms with E-state index in [1.54, 1.807) is 0 Å². The highest BCUT2D eigenvalue weighted by atomic mass is 16.2. The van der Waals surface area contributed by atoms with Crippen molar-refractivity contribution in [1.29, 1.82) is 0 Å². The lowest BCUT2D eigenvalue weighted by molar-refractivity contribution is -0.134. The quantitative estimate of drug-likeness (QED) is 0.792. The van der Waals surface area contributed by atoms with Gasteiger partial charge in [0.25, 0.3) is 0 Å².